The molecule has 0 saturated carbocycles. The number of carboxylic acid groups (broad SMARTS) is 1. The van der Waals surface area contributed by atoms with Crippen LogP contribution in [0.25, 0.3) is 44.5 Å². The van der Waals surface area contributed by atoms with Crippen LogP contribution in [0.3, 0.4) is 0 Å². The maximum Gasteiger partial charge on any atom is 0.511 e. The number of phenolic OH excluding ortho intramolecular Hbond substituents is 1. The summed E-state index contributed by atoms with van der Waals surface area (Å²) in [5, 5.41) is 20.5. The number of fused-ring (bicyclic) bond motifs is 3. The summed E-state index contributed by atoms with van der Waals surface area (Å²) in [4.78, 5) is 18.7. The number of nitrogens with zero attached hydrogens (tertiary/aromatic N) is 1. The number of benzene rings is 3. The van der Waals surface area contributed by atoms with Crippen LogP contribution in [0.5, 0.6) is 11.5 Å². The van der Waals surface area contributed by atoms with Crippen molar-refractivity contribution in [2.45, 2.75) is 26.2 Å². The first-order valence-electron chi connectivity index (χ1n) is 10.4. The molecule has 33 heavy (non-hydrogen) atoms. The first kappa shape index (κ1) is 20.6. The lowest BCUT2D eigenvalue weighted by atomic mass is 9.86. The summed E-state index contributed by atoms with van der Waals surface area (Å²) in [5.74, 6) is 1.02. The van der Waals surface area contributed by atoms with Crippen LogP contribution < -0.4 is 4.74 Å². The zero-order chi connectivity index (χ0) is 23.3. The molecule has 5 aromatic rings. The van der Waals surface area contributed by atoms with Crippen molar-refractivity contribution in [1.82, 2.24) is 9.97 Å². The molecule has 0 unspecified atom stereocenters. The van der Waals surface area contributed by atoms with Crippen LogP contribution in [0.2, 0.25) is 0 Å². The molecule has 5 rings (SSSR count). The third-order valence-electron chi connectivity index (χ3n) is 5.64. The van der Waals surface area contributed by atoms with E-state index < -0.39 is 6.16 Å². The van der Waals surface area contributed by atoms with E-state index in [0.29, 0.717) is 33.4 Å². The van der Waals surface area contributed by atoms with E-state index in [1.54, 1.807) is 18.4 Å². The van der Waals surface area contributed by atoms with E-state index in [2.05, 4.69) is 59.7 Å². The number of aromatic hydroxyl groups is 1. The van der Waals surface area contributed by atoms with E-state index in [4.69, 9.17) is 9.52 Å². The van der Waals surface area contributed by atoms with Crippen LogP contribution in [0, 0.1) is 0 Å². The Morgan fingerprint density at radius 2 is 1.79 bits per heavy atom. The molecule has 0 atom stereocenters. The summed E-state index contributed by atoms with van der Waals surface area (Å²) in [5.41, 5.74) is 4.60. The molecule has 0 aliphatic heterocycles. The first-order chi connectivity index (χ1) is 15.7. The van der Waals surface area contributed by atoms with E-state index >= 15 is 0 Å². The van der Waals surface area contributed by atoms with Gasteiger partial charge in [0, 0.05) is 11.6 Å². The van der Waals surface area contributed by atoms with Crippen molar-refractivity contribution in [3.63, 3.8) is 0 Å². The van der Waals surface area contributed by atoms with Gasteiger partial charge in [0.2, 0.25) is 0 Å². The number of phenols is 1. The van der Waals surface area contributed by atoms with Crippen molar-refractivity contribution in [2.24, 2.45) is 0 Å². The number of hydrogen-bond acceptors (Lipinski definition) is 5. The number of furan rings is 1. The van der Waals surface area contributed by atoms with Crippen molar-refractivity contribution in [1.29, 1.82) is 0 Å². The van der Waals surface area contributed by atoms with E-state index in [1.165, 1.54) is 11.6 Å². The van der Waals surface area contributed by atoms with E-state index in [0.717, 1.165) is 11.1 Å². The average molecular weight is 442 g/mol. The fourth-order valence-electron chi connectivity index (χ4n) is 3.93. The Morgan fingerprint density at radius 3 is 2.48 bits per heavy atom. The highest BCUT2D eigenvalue weighted by Gasteiger charge is 2.17. The van der Waals surface area contributed by atoms with Crippen LogP contribution >= 0.6 is 0 Å². The highest BCUT2D eigenvalue weighted by molar-refractivity contribution is 6.08. The van der Waals surface area contributed by atoms with Crippen LogP contribution in [0.4, 0.5) is 4.79 Å². The molecule has 0 amide bonds. The molecule has 166 valence electrons. The molecule has 7 nitrogen and oxygen atoms in total. The second-order valence-corrected chi connectivity index (χ2v) is 8.98. The molecule has 0 saturated heterocycles. The van der Waals surface area contributed by atoms with Crippen LogP contribution in [-0.4, -0.2) is 26.3 Å². The maximum absolute atomic E-state index is 10.8. The molecule has 0 aliphatic rings. The molecule has 3 aromatic carbocycles. The zero-order valence-electron chi connectivity index (χ0n) is 18.3. The predicted molar refractivity (Wildman–Crippen MR) is 126 cm³/mol. The number of imidazole rings is 1. The van der Waals surface area contributed by atoms with Crippen LogP contribution in [-0.2, 0) is 5.41 Å². The highest BCUT2D eigenvalue weighted by atomic mass is 16.7. The Bertz CT molecular complexity index is 1500. The maximum atomic E-state index is 10.8. The fourth-order valence-corrected chi connectivity index (χ4v) is 3.93. The summed E-state index contributed by atoms with van der Waals surface area (Å²) in [6, 6.07) is 16.7. The molecule has 0 bridgehead atoms. The van der Waals surface area contributed by atoms with Gasteiger partial charge in [0.05, 0.1) is 17.2 Å². The molecule has 0 spiro atoms. The van der Waals surface area contributed by atoms with Crippen LogP contribution in [0.1, 0.15) is 26.3 Å². The van der Waals surface area contributed by atoms with Gasteiger partial charge in [-0.1, -0.05) is 51.1 Å². The molecule has 3 N–H and O–H groups in total. The lowest BCUT2D eigenvalue weighted by Gasteiger charge is -2.18. The Labute approximate surface area is 189 Å². The van der Waals surface area contributed by atoms with Gasteiger partial charge in [-0.25, -0.2) is 9.78 Å². The van der Waals surface area contributed by atoms with Gasteiger partial charge in [0.25, 0.3) is 0 Å². The number of hydrogen-bond donors (Lipinski definition) is 3. The summed E-state index contributed by atoms with van der Waals surface area (Å²) >= 11 is 0. The lowest BCUT2D eigenvalue weighted by Crippen LogP contribution is -2.10. The Hall–Kier alpha value is -4.26. The van der Waals surface area contributed by atoms with Gasteiger partial charge in [-0.2, -0.15) is 0 Å². The molecule has 0 radical (unpaired) electrons. The molecule has 2 heterocycles. The van der Waals surface area contributed by atoms with Crippen molar-refractivity contribution in [3.8, 4) is 34.2 Å². The number of nitrogens with one attached hydrogen (secondary N) is 1. The molecule has 0 aliphatic carbocycles. The first-order valence-corrected chi connectivity index (χ1v) is 10.4. The molecule has 0 fully saturated rings. The number of H-pyrrole nitrogens is 1. The Balaban J connectivity index is 1.53. The van der Waals surface area contributed by atoms with Crippen molar-refractivity contribution in [3.05, 3.63) is 66.4 Å². The van der Waals surface area contributed by atoms with Crippen molar-refractivity contribution >= 4 is 28.0 Å². The van der Waals surface area contributed by atoms with Gasteiger partial charge < -0.3 is 24.4 Å². The van der Waals surface area contributed by atoms with Gasteiger partial charge in [0.15, 0.2) is 11.6 Å². The minimum absolute atomic E-state index is 0.0377. The number of carbonyl (C=O) groups is 1. The van der Waals surface area contributed by atoms with Crippen molar-refractivity contribution in [2.75, 3.05) is 0 Å². The van der Waals surface area contributed by atoms with Gasteiger partial charge in [-0.15, -0.1) is 0 Å². The predicted octanol–water partition coefficient (Wildman–Crippen LogP) is 6.70. The Morgan fingerprint density at radius 1 is 1.03 bits per heavy atom. The molecule has 2 aromatic heterocycles. The van der Waals surface area contributed by atoms with Gasteiger partial charge in [-0.05, 0) is 40.1 Å². The minimum Gasteiger partial charge on any atom is -0.507 e. The van der Waals surface area contributed by atoms with Gasteiger partial charge in [0.1, 0.15) is 17.0 Å². The number of aromatic nitrogens is 2. The van der Waals surface area contributed by atoms with E-state index in [-0.39, 0.29) is 16.9 Å². The topological polar surface area (TPSA) is 109 Å². The normalized spacial score (nSPS) is 11.8. The molecular weight excluding hydrogens is 420 g/mol. The summed E-state index contributed by atoms with van der Waals surface area (Å²) in [6.07, 6.45) is 0.248. The highest BCUT2D eigenvalue weighted by Crippen LogP contribution is 2.37. The molecular formula is C26H22N2O5. The largest absolute Gasteiger partial charge is 0.511 e. The minimum atomic E-state index is -1.45. The van der Waals surface area contributed by atoms with Gasteiger partial charge in [-0.3, -0.25) is 0 Å². The quantitative estimate of drug-likeness (QED) is 0.212. The summed E-state index contributed by atoms with van der Waals surface area (Å²) in [6.45, 7) is 6.54. The lowest BCUT2D eigenvalue weighted by molar-refractivity contribution is 0.144. The third kappa shape index (κ3) is 3.78. The summed E-state index contributed by atoms with van der Waals surface area (Å²) in [7, 11) is 0. The SMILES string of the molecule is CC(C)(C)c1ccc(-c2coc(-c3nc4c(ccc5cc(OC(=O)O)cc(O)c54)[nH]3)c2)cc1. The van der Waals surface area contributed by atoms with E-state index in [1.807, 2.05) is 12.1 Å². The number of aromatic amines is 1. The smallest absolute Gasteiger partial charge is 0.507 e. The Kier molecular flexibility index (Phi) is 4.63. The fraction of sp³-hybridized carbons (Fsp3) is 0.154. The second kappa shape index (κ2) is 7.41. The zero-order valence-corrected chi connectivity index (χ0v) is 18.3. The number of ether oxygens (including phenoxy) is 1. The number of rotatable bonds is 3. The third-order valence-corrected chi connectivity index (χ3v) is 5.64. The van der Waals surface area contributed by atoms with Gasteiger partial charge >= 0.3 is 6.16 Å². The van der Waals surface area contributed by atoms with Crippen molar-refractivity contribution < 1.29 is 24.2 Å². The monoisotopic (exact) mass is 442 g/mol. The second-order valence-electron chi connectivity index (χ2n) is 8.98. The van der Waals surface area contributed by atoms with Crippen LogP contribution in [0.15, 0.2) is 65.3 Å². The average Bonchev–Trinajstić information content (AvgIpc) is 3.39. The summed E-state index contributed by atoms with van der Waals surface area (Å²) < 4.78 is 10.5. The molecule has 7 heteroatoms. The standard InChI is InChI=1S/C26H22N2O5/c1-26(2,3)17-7-4-14(5-8-17)16-11-21(32-13-16)24-27-19-9-6-15-10-18(33-25(30)31)12-20(29)22(15)23(19)28-24/h4-13,29H,1-3H3,(H,27,28)(H,30,31). The van der Waals surface area contributed by atoms with E-state index in [9.17, 15) is 9.90 Å².